The lowest BCUT2D eigenvalue weighted by molar-refractivity contribution is 0.203. The van der Waals surface area contributed by atoms with Crippen LogP contribution in [0.3, 0.4) is 0 Å². The Morgan fingerprint density at radius 2 is 1.54 bits per heavy atom. The van der Waals surface area contributed by atoms with E-state index >= 15 is 0 Å². The maximum Gasteiger partial charge on any atom is 0.168 e. The molecule has 0 unspecified atom stereocenters. The number of ether oxygens (including phenoxy) is 3. The minimum absolute atomic E-state index is 0.149. The maximum atomic E-state index is 14.9. The van der Waals surface area contributed by atoms with Crippen LogP contribution in [0.25, 0.3) is 0 Å². The zero-order valence-electron chi connectivity index (χ0n) is 20.6. The molecular weight excluding hydrogens is 470 g/mol. The summed E-state index contributed by atoms with van der Waals surface area (Å²) < 4.78 is 47.5. The summed E-state index contributed by atoms with van der Waals surface area (Å²) in [4.78, 5) is 0. The molecule has 1 fully saturated rings. The van der Waals surface area contributed by atoms with Crippen LogP contribution in [0.4, 0.5) is 8.78 Å². The Bertz CT molecular complexity index is 1400. The van der Waals surface area contributed by atoms with Gasteiger partial charge >= 0.3 is 0 Å². The maximum absolute atomic E-state index is 14.9. The molecule has 5 heteroatoms. The molecule has 0 radical (unpaired) electrons. The van der Waals surface area contributed by atoms with Crippen LogP contribution in [-0.4, -0.2) is 0 Å². The van der Waals surface area contributed by atoms with Crippen molar-refractivity contribution in [1.82, 2.24) is 0 Å². The van der Waals surface area contributed by atoms with Gasteiger partial charge in [-0.25, -0.2) is 8.78 Å². The molecule has 1 saturated carbocycles. The highest BCUT2D eigenvalue weighted by Crippen LogP contribution is 2.47. The monoisotopic (exact) mass is 498 g/mol. The topological polar surface area (TPSA) is 27.7 Å². The molecule has 188 valence electrons. The Kier molecular flexibility index (Phi) is 6.29. The summed E-state index contributed by atoms with van der Waals surface area (Å²) in [7, 11) is 0. The first-order chi connectivity index (χ1) is 18.0. The van der Waals surface area contributed by atoms with E-state index in [2.05, 4.69) is 19.1 Å². The molecule has 0 bridgehead atoms. The van der Waals surface area contributed by atoms with E-state index in [1.807, 2.05) is 42.5 Å². The van der Waals surface area contributed by atoms with Gasteiger partial charge in [0.1, 0.15) is 35.8 Å². The minimum atomic E-state index is -0.516. The number of hydrogen-bond acceptors (Lipinski definition) is 3. The highest BCUT2D eigenvalue weighted by molar-refractivity contribution is 5.48. The van der Waals surface area contributed by atoms with Crippen molar-refractivity contribution in [2.24, 2.45) is 5.92 Å². The van der Waals surface area contributed by atoms with Crippen LogP contribution >= 0.6 is 0 Å². The summed E-state index contributed by atoms with van der Waals surface area (Å²) in [6.45, 7) is 2.53. The molecule has 0 aromatic heterocycles. The predicted molar refractivity (Wildman–Crippen MR) is 138 cm³/mol. The van der Waals surface area contributed by atoms with Gasteiger partial charge in [-0.3, -0.25) is 0 Å². The van der Waals surface area contributed by atoms with E-state index < -0.39 is 11.9 Å². The van der Waals surface area contributed by atoms with Crippen molar-refractivity contribution in [2.75, 3.05) is 0 Å². The number of halogens is 2. The van der Waals surface area contributed by atoms with Crippen LogP contribution in [0, 0.1) is 17.6 Å². The second kappa shape index (κ2) is 9.89. The van der Waals surface area contributed by atoms with Gasteiger partial charge in [-0.1, -0.05) is 49.4 Å². The smallest absolute Gasteiger partial charge is 0.168 e. The van der Waals surface area contributed by atoms with E-state index in [1.165, 1.54) is 24.1 Å². The molecular formula is C32H28F2O3. The third-order valence-corrected chi connectivity index (χ3v) is 7.30. The van der Waals surface area contributed by atoms with Gasteiger partial charge < -0.3 is 14.2 Å². The summed E-state index contributed by atoms with van der Waals surface area (Å²) in [5.41, 5.74) is 3.56. The van der Waals surface area contributed by atoms with Crippen molar-refractivity contribution in [3.8, 4) is 23.0 Å². The van der Waals surface area contributed by atoms with Crippen molar-refractivity contribution >= 4 is 0 Å². The van der Waals surface area contributed by atoms with Crippen LogP contribution in [-0.2, 0) is 13.0 Å². The third-order valence-electron chi connectivity index (χ3n) is 7.30. The van der Waals surface area contributed by atoms with Gasteiger partial charge in [-0.15, -0.1) is 0 Å². The van der Waals surface area contributed by atoms with E-state index in [4.69, 9.17) is 14.2 Å². The Morgan fingerprint density at radius 3 is 2.27 bits per heavy atom. The van der Waals surface area contributed by atoms with Crippen molar-refractivity contribution in [1.29, 1.82) is 0 Å². The lowest BCUT2D eigenvalue weighted by Crippen LogP contribution is -2.06. The first kappa shape index (κ1) is 23.5. The molecule has 6 rings (SSSR count). The molecule has 2 aliphatic carbocycles. The molecule has 4 aromatic rings. The van der Waals surface area contributed by atoms with Gasteiger partial charge in [0.25, 0.3) is 0 Å². The minimum Gasteiger partial charge on any atom is -0.486 e. The van der Waals surface area contributed by atoms with Crippen molar-refractivity contribution < 1.29 is 23.0 Å². The number of fused-ring (bicyclic) bond motifs is 1. The molecule has 0 amide bonds. The SMILES string of the molecule is C[C@H]1C[C@@H]1c1ccc(O[C@@H]2CCc3c(Oc4ccc(OCc5ccccc5)c(F)c4)ccc(F)c32)cc1. The summed E-state index contributed by atoms with van der Waals surface area (Å²) in [5, 5.41) is 0. The van der Waals surface area contributed by atoms with Gasteiger partial charge in [0, 0.05) is 17.2 Å². The van der Waals surface area contributed by atoms with Crippen molar-refractivity contribution in [3.05, 3.63) is 119 Å². The Morgan fingerprint density at radius 1 is 0.811 bits per heavy atom. The van der Waals surface area contributed by atoms with Gasteiger partial charge in [0.2, 0.25) is 0 Å². The molecule has 4 aromatic carbocycles. The normalized spacial score (nSPS) is 19.8. The molecule has 0 N–H and O–H groups in total. The Labute approximate surface area is 215 Å². The lowest BCUT2D eigenvalue weighted by atomic mass is 10.1. The lowest BCUT2D eigenvalue weighted by Gasteiger charge is -2.17. The van der Waals surface area contributed by atoms with Crippen LogP contribution in [0.1, 0.15) is 54.0 Å². The molecule has 2 aliphatic rings. The second-order valence-electron chi connectivity index (χ2n) is 9.94. The fraction of sp³-hybridized carbons (Fsp3) is 0.250. The quantitative estimate of drug-likeness (QED) is 0.244. The van der Waals surface area contributed by atoms with Gasteiger partial charge in [-0.05, 0) is 78.6 Å². The fourth-order valence-corrected chi connectivity index (χ4v) is 5.12. The van der Waals surface area contributed by atoms with Gasteiger partial charge in [0.15, 0.2) is 11.6 Å². The Hall–Kier alpha value is -3.86. The van der Waals surface area contributed by atoms with E-state index in [0.717, 1.165) is 22.8 Å². The summed E-state index contributed by atoms with van der Waals surface area (Å²) >= 11 is 0. The number of hydrogen-bond donors (Lipinski definition) is 0. The molecule has 0 heterocycles. The molecule has 0 saturated heterocycles. The van der Waals surface area contributed by atoms with E-state index in [1.54, 1.807) is 18.2 Å². The first-order valence-corrected chi connectivity index (χ1v) is 12.8. The summed E-state index contributed by atoms with van der Waals surface area (Å²) in [5.74, 6) is 2.28. The molecule has 37 heavy (non-hydrogen) atoms. The van der Waals surface area contributed by atoms with Crippen LogP contribution in [0.5, 0.6) is 23.0 Å². The standard InChI is InChI=1S/C32H28F2O3/c1-20-17-26(20)22-7-9-23(10-8-22)36-31-15-12-25-29(16-13-27(33)32(25)31)37-24-11-14-30(28(34)18-24)35-19-21-5-3-2-4-6-21/h2-11,13-14,16,18,20,26,31H,12,15,17,19H2,1H3/t20-,26-,31+/m0/s1. The zero-order chi connectivity index (χ0) is 25.4. The van der Waals surface area contributed by atoms with Crippen LogP contribution in [0.2, 0.25) is 0 Å². The van der Waals surface area contributed by atoms with Gasteiger partial charge in [0.05, 0.1) is 0 Å². The first-order valence-electron chi connectivity index (χ1n) is 12.8. The zero-order valence-corrected chi connectivity index (χ0v) is 20.6. The average molecular weight is 499 g/mol. The van der Waals surface area contributed by atoms with Crippen molar-refractivity contribution in [3.63, 3.8) is 0 Å². The average Bonchev–Trinajstić information content (AvgIpc) is 3.49. The van der Waals surface area contributed by atoms with E-state index in [9.17, 15) is 8.78 Å². The van der Waals surface area contributed by atoms with E-state index in [-0.39, 0.29) is 18.2 Å². The largest absolute Gasteiger partial charge is 0.486 e. The second-order valence-corrected chi connectivity index (χ2v) is 9.94. The van der Waals surface area contributed by atoms with Crippen LogP contribution in [0.15, 0.2) is 84.9 Å². The number of benzene rings is 4. The third kappa shape index (κ3) is 5.04. The van der Waals surface area contributed by atoms with E-state index in [0.29, 0.717) is 35.8 Å². The molecule has 3 nitrogen and oxygen atoms in total. The van der Waals surface area contributed by atoms with Crippen molar-refractivity contribution in [2.45, 2.75) is 44.8 Å². The predicted octanol–water partition coefficient (Wildman–Crippen LogP) is 8.53. The fourth-order valence-electron chi connectivity index (χ4n) is 5.12. The van der Waals surface area contributed by atoms with Crippen LogP contribution < -0.4 is 14.2 Å². The Balaban J connectivity index is 1.15. The summed E-state index contributed by atoms with van der Waals surface area (Å²) in [6, 6.07) is 25.2. The van der Waals surface area contributed by atoms with Gasteiger partial charge in [-0.2, -0.15) is 0 Å². The molecule has 0 aliphatic heterocycles. The highest BCUT2D eigenvalue weighted by Gasteiger charge is 2.34. The summed E-state index contributed by atoms with van der Waals surface area (Å²) in [6.07, 6.45) is 2.10. The highest BCUT2D eigenvalue weighted by atomic mass is 19.1. The molecule has 3 atom stereocenters. The number of rotatable bonds is 8. The molecule has 0 spiro atoms.